The predicted molar refractivity (Wildman–Crippen MR) is 93.3 cm³/mol. The predicted octanol–water partition coefficient (Wildman–Crippen LogP) is 3.19. The first kappa shape index (κ1) is 14.8. The van der Waals surface area contributed by atoms with E-state index in [1.807, 2.05) is 29.2 Å². The molecule has 1 amide bonds. The maximum atomic E-state index is 12.9. The van der Waals surface area contributed by atoms with E-state index < -0.39 is 0 Å². The molecule has 0 N–H and O–H groups in total. The van der Waals surface area contributed by atoms with Crippen molar-refractivity contribution in [3.05, 3.63) is 54.1 Å². The van der Waals surface area contributed by atoms with E-state index in [4.69, 9.17) is 0 Å². The van der Waals surface area contributed by atoms with Crippen LogP contribution >= 0.6 is 0 Å². The van der Waals surface area contributed by atoms with Crippen molar-refractivity contribution < 1.29 is 4.79 Å². The summed E-state index contributed by atoms with van der Waals surface area (Å²) in [5.41, 5.74) is 4.59. The van der Waals surface area contributed by atoms with Crippen LogP contribution < -0.4 is 4.90 Å². The maximum Gasteiger partial charge on any atom is 0.250 e. The van der Waals surface area contributed by atoms with E-state index in [2.05, 4.69) is 30.5 Å². The molecule has 24 heavy (non-hydrogen) atoms. The van der Waals surface area contributed by atoms with Crippen LogP contribution in [0.3, 0.4) is 0 Å². The Bertz CT molecular complexity index is 809. The Morgan fingerprint density at radius 2 is 1.92 bits per heavy atom. The van der Waals surface area contributed by atoms with Crippen LogP contribution in [0.5, 0.6) is 0 Å². The number of hydrogen-bond acceptors (Lipinski definition) is 3. The number of hydrogen-bond donors (Lipinski definition) is 0. The SMILES string of the molecule is N#CN1CCCC1C(=O)N1CCc2cc(-c3ccccc3)ccc21. The van der Waals surface area contributed by atoms with Gasteiger partial charge in [0.15, 0.2) is 6.19 Å². The molecule has 4 rings (SSSR count). The zero-order chi connectivity index (χ0) is 16.5. The fourth-order valence-electron chi connectivity index (χ4n) is 3.76. The Morgan fingerprint density at radius 1 is 1.08 bits per heavy atom. The van der Waals surface area contributed by atoms with Crippen molar-refractivity contribution in [1.82, 2.24) is 4.90 Å². The van der Waals surface area contributed by atoms with Gasteiger partial charge in [-0.15, -0.1) is 0 Å². The summed E-state index contributed by atoms with van der Waals surface area (Å²) in [6.45, 7) is 1.41. The fraction of sp³-hybridized carbons (Fsp3) is 0.300. The standard InChI is InChI=1S/C20H19N3O/c21-14-22-11-4-7-19(22)20(24)23-12-10-17-13-16(8-9-18(17)23)15-5-2-1-3-6-15/h1-3,5-6,8-9,13,19H,4,7,10-12H2. The molecule has 1 unspecified atom stereocenters. The van der Waals surface area contributed by atoms with E-state index >= 15 is 0 Å². The van der Waals surface area contributed by atoms with E-state index in [1.165, 1.54) is 16.7 Å². The van der Waals surface area contributed by atoms with Gasteiger partial charge in [-0.1, -0.05) is 36.4 Å². The lowest BCUT2D eigenvalue weighted by molar-refractivity contribution is -0.121. The highest BCUT2D eigenvalue weighted by atomic mass is 16.2. The molecule has 0 bridgehead atoms. The van der Waals surface area contributed by atoms with Crippen molar-refractivity contribution in [2.45, 2.75) is 25.3 Å². The average molecular weight is 317 g/mol. The highest BCUT2D eigenvalue weighted by Crippen LogP contribution is 2.34. The van der Waals surface area contributed by atoms with Crippen molar-refractivity contribution >= 4 is 11.6 Å². The molecular weight excluding hydrogens is 298 g/mol. The first-order chi connectivity index (χ1) is 11.8. The van der Waals surface area contributed by atoms with E-state index in [9.17, 15) is 10.1 Å². The number of carbonyl (C=O) groups excluding carboxylic acids is 1. The van der Waals surface area contributed by atoms with Crippen LogP contribution in [0.15, 0.2) is 48.5 Å². The van der Waals surface area contributed by atoms with Gasteiger partial charge in [0.25, 0.3) is 0 Å². The summed E-state index contributed by atoms with van der Waals surface area (Å²) in [5.74, 6) is 0.0697. The molecule has 2 aromatic carbocycles. The van der Waals surface area contributed by atoms with Gasteiger partial charge in [-0.25, -0.2) is 0 Å². The van der Waals surface area contributed by atoms with Crippen molar-refractivity contribution in [3.63, 3.8) is 0 Å². The molecule has 120 valence electrons. The first-order valence-electron chi connectivity index (χ1n) is 8.44. The normalized spacial score (nSPS) is 19.2. The molecule has 2 aromatic rings. The number of anilines is 1. The smallest absolute Gasteiger partial charge is 0.250 e. The molecule has 4 nitrogen and oxygen atoms in total. The highest BCUT2D eigenvalue weighted by molar-refractivity contribution is 5.99. The number of rotatable bonds is 2. The minimum absolute atomic E-state index is 0.0697. The van der Waals surface area contributed by atoms with E-state index in [-0.39, 0.29) is 11.9 Å². The molecular formula is C20H19N3O. The molecule has 1 saturated heterocycles. The third-order valence-corrected chi connectivity index (χ3v) is 5.01. The Morgan fingerprint density at radius 3 is 2.71 bits per heavy atom. The molecule has 2 heterocycles. The topological polar surface area (TPSA) is 47.3 Å². The summed E-state index contributed by atoms with van der Waals surface area (Å²) in [5, 5.41) is 9.19. The Labute approximate surface area is 141 Å². The van der Waals surface area contributed by atoms with Crippen LogP contribution in [0.2, 0.25) is 0 Å². The van der Waals surface area contributed by atoms with Crippen LogP contribution in [-0.2, 0) is 11.2 Å². The van der Waals surface area contributed by atoms with E-state index in [1.54, 1.807) is 4.90 Å². The van der Waals surface area contributed by atoms with Crippen LogP contribution in [0.25, 0.3) is 11.1 Å². The number of amides is 1. The Kier molecular flexibility index (Phi) is 3.70. The summed E-state index contributed by atoms with van der Waals surface area (Å²) < 4.78 is 0. The molecule has 0 radical (unpaired) electrons. The second-order valence-electron chi connectivity index (χ2n) is 6.40. The molecule has 0 aliphatic carbocycles. The van der Waals surface area contributed by atoms with E-state index in [0.717, 1.165) is 24.9 Å². The number of benzene rings is 2. The van der Waals surface area contributed by atoms with Crippen molar-refractivity contribution in [2.75, 3.05) is 18.0 Å². The Balaban J connectivity index is 1.61. The van der Waals surface area contributed by atoms with Gasteiger partial charge in [-0.05, 0) is 48.1 Å². The number of carbonyl (C=O) groups is 1. The number of fused-ring (bicyclic) bond motifs is 1. The van der Waals surface area contributed by atoms with Crippen molar-refractivity contribution in [1.29, 1.82) is 5.26 Å². The van der Waals surface area contributed by atoms with Gasteiger partial charge >= 0.3 is 0 Å². The summed E-state index contributed by atoms with van der Waals surface area (Å²) in [7, 11) is 0. The summed E-state index contributed by atoms with van der Waals surface area (Å²) in [6.07, 6.45) is 4.73. The number of nitriles is 1. The third-order valence-electron chi connectivity index (χ3n) is 5.01. The van der Waals surface area contributed by atoms with Gasteiger partial charge in [0.1, 0.15) is 6.04 Å². The van der Waals surface area contributed by atoms with Crippen LogP contribution in [0.4, 0.5) is 5.69 Å². The van der Waals surface area contributed by atoms with Crippen LogP contribution in [0.1, 0.15) is 18.4 Å². The number of nitrogens with zero attached hydrogens (tertiary/aromatic N) is 3. The second kappa shape index (κ2) is 6.01. The van der Waals surface area contributed by atoms with Crippen molar-refractivity contribution in [2.24, 2.45) is 0 Å². The molecule has 0 saturated carbocycles. The lowest BCUT2D eigenvalue weighted by atomic mass is 10.0. The molecule has 4 heteroatoms. The van der Waals surface area contributed by atoms with Gasteiger partial charge in [0, 0.05) is 18.8 Å². The summed E-state index contributed by atoms with van der Waals surface area (Å²) >= 11 is 0. The Hall–Kier alpha value is -2.80. The number of likely N-dealkylation sites (tertiary alicyclic amines) is 1. The van der Waals surface area contributed by atoms with Gasteiger partial charge < -0.3 is 4.90 Å². The quantitative estimate of drug-likeness (QED) is 0.799. The van der Waals surface area contributed by atoms with Crippen LogP contribution in [-0.4, -0.2) is 29.9 Å². The fourth-order valence-corrected chi connectivity index (χ4v) is 3.76. The van der Waals surface area contributed by atoms with Crippen molar-refractivity contribution in [3.8, 4) is 17.3 Å². The average Bonchev–Trinajstić information content (AvgIpc) is 3.28. The zero-order valence-electron chi connectivity index (χ0n) is 13.5. The molecule has 1 fully saturated rings. The third kappa shape index (κ3) is 2.43. The van der Waals surface area contributed by atoms with E-state index in [0.29, 0.717) is 13.1 Å². The van der Waals surface area contributed by atoms with Gasteiger partial charge in [-0.3, -0.25) is 9.69 Å². The zero-order valence-corrected chi connectivity index (χ0v) is 13.5. The molecule has 2 aliphatic rings. The van der Waals surface area contributed by atoms with Gasteiger partial charge in [0.05, 0.1) is 0 Å². The molecule has 0 spiro atoms. The molecule has 1 atom stereocenters. The van der Waals surface area contributed by atoms with Crippen LogP contribution in [0, 0.1) is 11.5 Å². The minimum Gasteiger partial charge on any atom is -0.310 e. The summed E-state index contributed by atoms with van der Waals surface area (Å²) in [4.78, 5) is 16.4. The monoisotopic (exact) mass is 317 g/mol. The first-order valence-corrected chi connectivity index (χ1v) is 8.44. The largest absolute Gasteiger partial charge is 0.310 e. The summed E-state index contributed by atoms with van der Waals surface area (Å²) in [6, 6.07) is 16.3. The molecule has 0 aromatic heterocycles. The minimum atomic E-state index is -0.283. The lowest BCUT2D eigenvalue weighted by Crippen LogP contribution is -2.43. The van der Waals surface area contributed by atoms with Gasteiger partial charge in [0.2, 0.25) is 5.91 Å². The lowest BCUT2D eigenvalue weighted by Gasteiger charge is -2.24. The maximum absolute atomic E-state index is 12.9. The highest BCUT2D eigenvalue weighted by Gasteiger charge is 2.36. The second-order valence-corrected chi connectivity index (χ2v) is 6.40. The van der Waals surface area contributed by atoms with Gasteiger partial charge in [-0.2, -0.15) is 5.26 Å². The molecule has 2 aliphatic heterocycles.